The van der Waals surface area contributed by atoms with E-state index in [2.05, 4.69) is 48.6 Å². The molecule has 90 valence electrons. The van der Waals surface area contributed by atoms with Gasteiger partial charge in [-0.05, 0) is 30.7 Å². The zero-order valence-corrected chi connectivity index (χ0v) is 12.4. The smallest absolute Gasteiger partial charge is 0.0100 e. The number of halogens is 1. The molecule has 0 heterocycles. The Morgan fingerprint density at radius 2 is 1.73 bits per heavy atom. The van der Waals surface area contributed by atoms with Crippen molar-refractivity contribution in [2.75, 3.05) is 25.5 Å². The van der Waals surface area contributed by atoms with Gasteiger partial charge in [0.1, 0.15) is 0 Å². The van der Waals surface area contributed by atoms with Crippen LogP contribution >= 0.6 is 15.9 Å². The average molecular weight is 276 g/mol. The third-order valence-electron chi connectivity index (χ3n) is 3.30. The second-order valence-electron chi connectivity index (χ2n) is 6.57. The molecule has 1 nitrogen and oxygen atoms in total. The molecule has 0 unspecified atom stereocenters. The lowest BCUT2D eigenvalue weighted by Gasteiger charge is -2.35. The second kappa shape index (κ2) is 5.18. The highest BCUT2D eigenvalue weighted by molar-refractivity contribution is 9.09. The van der Waals surface area contributed by atoms with Gasteiger partial charge in [0.2, 0.25) is 0 Å². The molecule has 0 saturated heterocycles. The topological polar surface area (TPSA) is 3.24 Å². The van der Waals surface area contributed by atoms with Gasteiger partial charge in [0.05, 0.1) is 0 Å². The zero-order valence-electron chi connectivity index (χ0n) is 10.8. The number of alkyl halides is 1. The first-order chi connectivity index (χ1) is 6.87. The molecule has 0 N–H and O–H groups in total. The molecular weight excluding hydrogens is 250 g/mol. The Morgan fingerprint density at radius 1 is 1.20 bits per heavy atom. The largest absolute Gasteiger partial charge is 0.305 e. The van der Waals surface area contributed by atoms with Crippen molar-refractivity contribution in [1.82, 2.24) is 4.90 Å². The van der Waals surface area contributed by atoms with Gasteiger partial charge < -0.3 is 4.90 Å². The summed E-state index contributed by atoms with van der Waals surface area (Å²) < 4.78 is 0. The molecule has 1 aliphatic carbocycles. The summed E-state index contributed by atoms with van der Waals surface area (Å²) in [6, 6.07) is 0. The van der Waals surface area contributed by atoms with Crippen LogP contribution in [0.2, 0.25) is 0 Å². The number of rotatable bonds is 4. The molecule has 1 rings (SSSR count). The molecule has 0 aliphatic heterocycles. The van der Waals surface area contributed by atoms with Gasteiger partial charge in [0, 0.05) is 18.4 Å². The van der Waals surface area contributed by atoms with Crippen molar-refractivity contribution < 1.29 is 0 Å². The van der Waals surface area contributed by atoms with E-state index in [1.807, 2.05) is 0 Å². The van der Waals surface area contributed by atoms with Gasteiger partial charge in [-0.3, -0.25) is 0 Å². The Hall–Kier alpha value is 0.440. The van der Waals surface area contributed by atoms with Gasteiger partial charge in [-0.25, -0.2) is 0 Å². The van der Waals surface area contributed by atoms with Crippen LogP contribution in [0.25, 0.3) is 0 Å². The lowest BCUT2D eigenvalue weighted by molar-refractivity contribution is 0.157. The van der Waals surface area contributed by atoms with E-state index in [0.29, 0.717) is 10.8 Å². The van der Waals surface area contributed by atoms with Crippen LogP contribution in [0.1, 0.15) is 46.5 Å². The third-order valence-corrected chi connectivity index (χ3v) is 4.49. The lowest BCUT2D eigenvalue weighted by atomic mass is 9.87. The SMILES string of the molecule is CN(CC(C)(C)C)CC1(CBr)CCCC1. The monoisotopic (exact) mass is 275 g/mol. The van der Waals surface area contributed by atoms with E-state index in [1.54, 1.807) is 0 Å². The summed E-state index contributed by atoms with van der Waals surface area (Å²) in [5.41, 5.74) is 0.987. The third kappa shape index (κ3) is 4.44. The van der Waals surface area contributed by atoms with Crippen LogP contribution in [0, 0.1) is 10.8 Å². The lowest BCUT2D eigenvalue weighted by Crippen LogP contribution is -2.39. The van der Waals surface area contributed by atoms with Gasteiger partial charge in [-0.1, -0.05) is 49.5 Å². The van der Waals surface area contributed by atoms with E-state index < -0.39 is 0 Å². The first kappa shape index (κ1) is 13.5. The summed E-state index contributed by atoms with van der Waals surface area (Å²) >= 11 is 3.71. The molecule has 1 fully saturated rings. The molecule has 0 amide bonds. The first-order valence-corrected chi connectivity index (χ1v) is 7.24. The van der Waals surface area contributed by atoms with Crippen molar-refractivity contribution in [1.29, 1.82) is 0 Å². The zero-order chi connectivity index (χ0) is 11.5. The van der Waals surface area contributed by atoms with E-state index >= 15 is 0 Å². The van der Waals surface area contributed by atoms with E-state index in [-0.39, 0.29) is 0 Å². The van der Waals surface area contributed by atoms with Crippen LogP contribution in [-0.4, -0.2) is 30.4 Å². The molecular formula is C13H26BrN. The van der Waals surface area contributed by atoms with Crippen LogP contribution in [0.4, 0.5) is 0 Å². The molecule has 0 atom stereocenters. The maximum atomic E-state index is 3.71. The Kier molecular flexibility index (Phi) is 4.66. The van der Waals surface area contributed by atoms with Crippen molar-refractivity contribution in [3.63, 3.8) is 0 Å². The summed E-state index contributed by atoms with van der Waals surface area (Å²) in [6.07, 6.45) is 5.67. The number of hydrogen-bond donors (Lipinski definition) is 0. The predicted molar refractivity (Wildman–Crippen MR) is 71.6 cm³/mol. The van der Waals surface area contributed by atoms with Gasteiger partial charge in [0.25, 0.3) is 0 Å². The molecule has 1 aliphatic rings. The second-order valence-corrected chi connectivity index (χ2v) is 7.13. The van der Waals surface area contributed by atoms with Crippen LogP contribution < -0.4 is 0 Å². The minimum Gasteiger partial charge on any atom is -0.305 e. The molecule has 2 heteroatoms. The Morgan fingerprint density at radius 3 is 2.13 bits per heavy atom. The van der Waals surface area contributed by atoms with Gasteiger partial charge in [-0.2, -0.15) is 0 Å². The summed E-state index contributed by atoms with van der Waals surface area (Å²) in [6.45, 7) is 9.41. The van der Waals surface area contributed by atoms with Crippen molar-refractivity contribution in [2.24, 2.45) is 10.8 Å². The van der Waals surface area contributed by atoms with E-state index in [1.165, 1.54) is 44.1 Å². The highest BCUT2D eigenvalue weighted by Gasteiger charge is 2.34. The minimum absolute atomic E-state index is 0.418. The standard InChI is InChI=1S/C13H26BrN/c1-12(2,3)10-15(4)11-13(9-14)7-5-6-8-13/h5-11H2,1-4H3. The van der Waals surface area contributed by atoms with Crippen molar-refractivity contribution in [3.05, 3.63) is 0 Å². The fourth-order valence-electron chi connectivity index (χ4n) is 2.90. The summed E-state index contributed by atoms with van der Waals surface area (Å²) in [4.78, 5) is 2.52. The first-order valence-electron chi connectivity index (χ1n) is 6.11. The van der Waals surface area contributed by atoms with E-state index in [9.17, 15) is 0 Å². The number of nitrogens with zero attached hydrogens (tertiary/aromatic N) is 1. The van der Waals surface area contributed by atoms with E-state index in [4.69, 9.17) is 0 Å². The van der Waals surface area contributed by atoms with Crippen LogP contribution in [0.15, 0.2) is 0 Å². The fourth-order valence-corrected chi connectivity index (χ4v) is 3.64. The summed E-state index contributed by atoms with van der Waals surface area (Å²) in [5.74, 6) is 0. The highest BCUT2D eigenvalue weighted by atomic mass is 79.9. The maximum absolute atomic E-state index is 3.71. The number of hydrogen-bond acceptors (Lipinski definition) is 1. The Bertz CT molecular complexity index is 189. The molecule has 0 bridgehead atoms. The van der Waals surface area contributed by atoms with Crippen molar-refractivity contribution in [3.8, 4) is 0 Å². The molecule has 1 saturated carbocycles. The van der Waals surface area contributed by atoms with Gasteiger partial charge in [-0.15, -0.1) is 0 Å². The van der Waals surface area contributed by atoms with Crippen molar-refractivity contribution in [2.45, 2.75) is 46.5 Å². The van der Waals surface area contributed by atoms with Crippen LogP contribution in [-0.2, 0) is 0 Å². The van der Waals surface area contributed by atoms with E-state index in [0.717, 1.165) is 0 Å². The summed E-state index contributed by atoms with van der Waals surface area (Å²) in [7, 11) is 2.27. The average Bonchev–Trinajstić information content (AvgIpc) is 2.50. The molecule has 0 spiro atoms. The Balaban J connectivity index is 2.45. The Labute approximate surface area is 104 Å². The van der Waals surface area contributed by atoms with Crippen molar-refractivity contribution >= 4 is 15.9 Å². The fraction of sp³-hybridized carbons (Fsp3) is 1.00. The molecule has 0 aromatic rings. The molecule has 15 heavy (non-hydrogen) atoms. The maximum Gasteiger partial charge on any atom is 0.0100 e. The molecule has 0 radical (unpaired) electrons. The molecule has 0 aromatic heterocycles. The van der Waals surface area contributed by atoms with Crippen LogP contribution in [0.5, 0.6) is 0 Å². The minimum atomic E-state index is 0.418. The highest BCUT2D eigenvalue weighted by Crippen LogP contribution is 2.40. The van der Waals surface area contributed by atoms with Gasteiger partial charge >= 0.3 is 0 Å². The quantitative estimate of drug-likeness (QED) is 0.703. The van der Waals surface area contributed by atoms with Crippen LogP contribution in [0.3, 0.4) is 0 Å². The van der Waals surface area contributed by atoms with Gasteiger partial charge in [0.15, 0.2) is 0 Å². The predicted octanol–water partition coefficient (Wildman–Crippen LogP) is 3.92. The summed E-state index contributed by atoms with van der Waals surface area (Å²) in [5, 5.41) is 1.18. The molecule has 0 aromatic carbocycles. The normalized spacial score (nSPS) is 21.2.